The molecule has 1 heterocycles. The van der Waals surface area contributed by atoms with Crippen LogP contribution in [-0.2, 0) is 4.79 Å². The second-order valence-corrected chi connectivity index (χ2v) is 4.48. The normalized spacial score (nSPS) is 26.1. The van der Waals surface area contributed by atoms with E-state index in [1.165, 1.54) is 0 Å². The van der Waals surface area contributed by atoms with Crippen LogP contribution in [0.5, 0.6) is 0 Å². The van der Waals surface area contributed by atoms with Crippen molar-refractivity contribution in [2.75, 3.05) is 32.7 Å². The second kappa shape index (κ2) is 6.51. The van der Waals surface area contributed by atoms with Crippen LogP contribution in [-0.4, -0.2) is 43.5 Å². The van der Waals surface area contributed by atoms with Crippen LogP contribution in [0.25, 0.3) is 0 Å². The van der Waals surface area contributed by atoms with E-state index in [9.17, 15) is 4.79 Å². The van der Waals surface area contributed by atoms with E-state index in [0.717, 1.165) is 19.5 Å². The third kappa shape index (κ3) is 3.84. The lowest BCUT2D eigenvalue weighted by Gasteiger charge is -2.36. The van der Waals surface area contributed by atoms with E-state index in [4.69, 9.17) is 12.2 Å². The summed E-state index contributed by atoms with van der Waals surface area (Å²) in [5, 5.41) is 2.68. The van der Waals surface area contributed by atoms with Crippen molar-refractivity contribution >= 4 is 5.91 Å². The molecule has 0 bridgehead atoms. The number of carbonyl (C=O) groups excluding carboxylic acids is 1. The quantitative estimate of drug-likeness (QED) is 0.641. The van der Waals surface area contributed by atoms with Gasteiger partial charge in [-0.2, -0.15) is 0 Å². The molecule has 0 aromatic carbocycles. The Morgan fingerprint density at radius 1 is 1.69 bits per heavy atom. The minimum absolute atomic E-state index is 0.00303. The van der Waals surface area contributed by atoms with E-state index < -0.39 is 0 Å². The number of piperidine rings is 1. The average Bonchev–Trinajstić information content (AvgIpc) is 2.29. The van der Waals surface area contributed by atoms with Gasteiger partial charge >= 0.3 is 0 Å². The molecule has 0 radical (unpaired) electrons. The molecule has 90 valence electrons. The second-order valence-electron chi connectivity index (χ2n) is 4.48. The minimum atomic E-state index is 0.00303. The molecular weight excluding hydrogens is 202 g/mol. The topological polar surface area (TPSA) is 58.4 Å². The molecule has 1 aliphatic rings. The van der Waals surface area contributed by atoms with E-state index in [0.29, 0.717) is 31.5 Å². The number of nitrogens with two attached hydrogens (primary N) is 1. The fourth-order valence-electron chi connectivity index (χ4n) is 2.08. The minimum Gasteiger partial charge on any atom is -0.344 e. The Morgan fingerprint density at radius 3 is 3.06 bits per heavy atom. The molecule has 1 amide bonds. The number of carbonyl (C=O) groups is 1. The Hall–Kier alpha value is -1.05. The fourth-order valence-corrected chi connectivity index (χ4v) is 2.08. The molecule has 0 spiro atoms. The van der Waals surface area contributed by atoms with Gasteiger partial charge in [0.2, 0.25) is 5.91 Å². The lowest BCUT2D eigenvalue weighted by atomic mass is 9.87. The Balaban J connectivity index is 2.33. The van der Waals surface area contributed by atoms with Gasteiger partial charge in [0.1, 0.15) is 0 Å². The molecule has 1 rings (SSSR count). The number of terminal acetylenes is 1. The highest BCUT2D eigenvalue weighted by molar-refractivity contribution is 5.78. The lowest BCUT2D eigenvalue weighted by molar-refractivity contribution is -0.122. The van der Waals surface area contributed by atoms with Crippen molar-refractivity contribution in [2.24, 2.45) is 17.6 Å². The Kier molecular flexibility index (Phi) is 5.30. The first-order chi connectivity index (χ1) is 7.67. The fraction of sp³-hybridized carbons (Fsp3) is 0.750. The highest BCUT2D eigenvalue weighted by Crippen LogP contribution is 2.21. The van der Waals surface area contributed by atoms with Crippen LogP contribution < -0.4 is 11.1 Å². The summed E-state index contributed by atoms with van der Waals surface area (Å²) in [7, 11) is 0. The number of nitrogens with zero attached hydrogens (tertiary/aromatic N) is 1. The van der Waals surface area contributed by atoms with E-state index in [-0.39, 0.29) is 5.91 Å². The van der Waals surface area contributed by atoms with Crippen molar-refractivity contribution in [3.05, 3.63) is 0 Å². The zero-order chi connectivity index (χ0) is 12.0. The zero-order valence-electron chi connectivity index (χ0n) is 9.91. The van der Waals surface area contributed by atoms with Gasteiger partial charge in [0.25, 0.3) is 0 Å². The van der Waals surface area contributed by atoms with Crippen LogP contribution >= 0.6 is 0 Å². The first kappa shape index (κ1) is 13.0. The predicted molar refractivity (Wildman–Crippen MR) is 64.6 cm³/mol. The van der Waals surface area contributed by atoms with Crippen molar-refractivity contribution in [1.82, 2.24) is 10.2 Å². The molecule has 1 saturated heterocycles. The van der Waals surface area contributed by atoms with Gasteiger partial charge in [0.15, 0.2) is 0 Å². The molecule has 1 fully saturated rings. The predicted octanol–water partition coefficient (Wildman–Crippen LogP) is -0.347. The number of nitrogens with one attached hydrogen (secondary N) is 1. The summed E-state index contributed by atoms with van der Waals surface area (Å²) in [4.78, 5) is 13.6. The van der Waals surface area contributed by atoms with E-state index in [2.05, 4.69) is 23.1 Å². The molecule has 2 unspecified atom stereocenters. The SMILES string of the molecule is C#CCNC(=O)CN1CCC(C)C(CN)C1. The first-order valence-corrected chi connectivity index (χ1v) is 5.80. The molecule has 0 aromatic heterocycles. The summed E-state index contributed by atoms with van der Waals surface area (Å²) >= 11 is 0. The first-order valence-electron chi connectivity index (χ1n) is 5.80. The summed E-state index contributed by atoms with van der Waals surface area (Å²) in [6.45, 7) is 5.56. The smallest absolute Gasteiger partial charge is 0.234 e. The maximum Gasteiger partial charge on any atom is 0.234 e. The van der Waals surface area contributed by atoms with Crippen molar-refractivity contribution in [3.8, 4) is 12.3 Å². The van der Waals surface area contributed by atoms with Crippen LogP contribution in [0, 0.1) is 24.2 Å². The highest BCUT2D eigenvalue weighted by atomic mass is 16.2. The van der Waals surface area contributed by atoms with Gasteiger partial charge in [-0.3, -0.25) is 9.69 Å². The molecule has 3 N–H and O–H groups in total. The summed E-state index contributed by atoms with van der Waals surface area (Å²) in [5.74, 6) is 3.57. The van der Waals surface area contributed by atoms with Crippen molar-refractivity contribution < 1.29 is 4.79 Å². The third-order valence-electron chi connectivity index (χ3n) is 3.26. The maximum absolute atomic E-state index is 11.5. The summed E-state index contributed by atoms with van der Waals surface area (Å²) in [6.07, 6.45) is 6.19. The number of amides is 1. The molecule has 4 nitrogen and oxygen atoms in total. The van der Waals surface area contributed by atoms with Gasteiger partial charge in [0.05, 0.1) is 13.1 Å². The molecule has 0 aliphatic carbocycles. The van der Waals surface area contributed by atoms with Crippen molar-refractivity contribution in [3.63, 3.8) is 0 Å². The number of hydrogen-bond donors (Lipinski definition) is 2. The van der Waals surface area contributed by atoms with Crippen LogP contribution in [0.3, 0.4) is 0 Å². The third-order valence-corrected chi connectivity index (χ3v) is 3.26. The van der Waals surface area contributed by atoms with Gasteiger partial charge < -0.3 is 11.1 Å². The molecular formula is C12H21N3O. The summed E-state index contributed by atoms with van der Waals surface area (Å²) in [5.41, 5.74) is 5.71. The average molecular weight is 223 g/mol. The van der Waals surface area contributed by atoms with Gasteiger partial charge in [-0.15, -0.1) is 6.42 Å². The monoisotopic (exact) mass is 223 g/mol. The van der Waals surface area contributed by atoms with Gasteiger partial charge in [-0.1, -0.05) is 12.8 Å². The standard InChI is InChI=1S/C12H21N3O/c1-3-5-14-12(16)9-15-6-4-10(2)11(7-13)8-15/h1,10-11H,4-9,13H2,2H3,(H,14,16). The van der Waals surface area contributed by atoms with Crippen LogP contribution in [0.1, 0.15) is 13.3 Å². The van der Waals surface area contributed by atoms with E-state index >= 15 is 0 Å². The zero-order valence-corrected chi connectivity index (χ0v) is 9.91. The molecule has 4 heteroatoms. The van der Waals surface area contributed by atoms with E-state index in [1.807, 2.05) is 0 Å². The number of likely N-dealkylation sites (tertiary alicyclic amines) is 1. The maximum atomic E-state index is 11.5. The van der Waals surface area contributed by atoms with Crippen molar-refractivity contribution in [2.45, 2.75) is 13.3 Å². The van der Waals surface area contributed by atoms with Crippen molar-refractivity contribution in [1.29, 1.82) is 0 Å². The van der Waals surface area contributed by atoms with Gasteiger partial charge in [0, 0.05) is 6.54 Å². The highest BCUT2D eigenvalue weighted by Gasteiger charge is 2.25. The molecule has 1 aliphatic heterocycles. The molecule has 2 atom stereocenters. The van der Waals surface area contributed by atoms with E-state index in [1.54, 1.807) is 0 Å². The Bertz CT molecular complexity index is 272. The molecule has 0 saturated carbocycles. The number of rotatable bonds is 4. The van der Waals surface area contributed by atoms with Crippen LogP contribution in [0.4, 0.5) is 0 Å². The Morgan fingerprint density at radius 2 is 2.44 bits per heavy atom. The van der Waals surface area contributed by atoms with Crippen LogP contribution in [0.2, 0.25) is 0 Å². The molecule has 16 heavy (non-hydrogen) atoms. The molecule has 0 aromatic rings. The summed E-state index contributed by atoms with van der Waals surface area (Å²) < 4.78 is 0. The Labute approximate surface area is 97.6 Å². The van der Waals surface area contributed by atoms with Crippen LogP contribution in [0.15, 0.2) is 0 Å². The van der Waals surface area contributed by atoms with Gasteiger partial charge in [-0.25, -0.2) is 0 Å². The van der Waals surface area contributed by atoms with Gasteiger partial charge in [-0.05, 0) is 31.3 Å². The summed E-state index contributed by atoms with van der Waals surface area (Å²) in [6, 6.07) is 0. The number of hydrogen-bond acceptors (Lipinski definition) is 3. The lowest BCUT2D eigenvalue weighted by Crippen LogP contribution is -2.46. The largest absolute Gasteiger partial charge is 0.344 e.